The van der Waals surface area contributed by atoms with Gasteiger partial charge in [0.2, 0.25) is 5.91 Å². The van der Waals surface area contributed by atoms with Crippen LogP contribution in [0.4, 0.5) is 0 Å². The quantitative estimate of drug-likeness (QED) is 0.812. The molecule has 1 fully saturated rings. The van der Waals surface area contributed by atoms with Gasteiger partial charge in [0, 0.05) is 6.42 Å². The third-order valence-electron chi connectivity index (χ3n) is 4.51. The summed E-state index contributed by atoms with van der Waals surface area (Å²) in [5.41, 5.74) is 0.0337. The topological polar surface area (TPSA) is 75.6 Å². The molecule has 2 N–H and O–H groups in total. The lowest BCUT2D eigenvalue weighted by Gasteiger charge is -2.38. The first kappa shape index (κ1) is 16.3. The molecule has 2 rings (SSSR count). The van der Waals surface area contributed by atoms with E-state index in [0.29, 0.717) is 19.3 Å². The Labute approximate surface area is 130 Å². The summed E-state index contributed by atoms with van der Waals surface area (Å²) in [5, 5.41) is 12.0. The number of carbonyl (C=O) groups is 2. The Morgan fingerprint density at radius 1 is 1.32 bits per heavy atom. The number of aliphatic carboxylic acids is 1. The maximum atomic E-state index is 12.2. The predicted molar refractivity (Wildman–Crippen MR) is 83.0 cm³/mol. The summed E-state index contributed by atoms with van der Waals surface area (Å²) in [6.45, 7) is 2.03. The third-order valence-corrected chi connectivity index (χ3v) is 4.51. The minimum atomic E-state index is -1.03. The largest absolute Gasteiger partial charge is 0.497 e. The molecule has 1 amide bonds. The van der Waals surface area contributed by atoms with Crippen LogP contribution in [-0.4, -0.2) is 29.6 Å². The van der Waals surface area contributed by atoms with E-state index in [1.165, 1.54) is 0 Å². The number of nitrogens with one attached hydrogen (secondary N) is 1. The highest BCUT2D eigenvalue weighted by molar-refractivity contribution is 5.88. The Bertz CT molecular complexity index is 534. The molecule has 5 heteroatoms. The first-order valence-corrected chi connectivity index (χ1v) is 7.69. The lowest BCUT2D eigenvalue weighted by Crippen LogP contribution is -2.59. The maximum absolute atomic E-state index is 12.2. The number of ether oxygens (including phenoxy) is 1. The van der Waals surface area contributed by atoms with E-state index in [9.17, 15) is 14.7 Å². The van der Waals surface area contributed by atoms with Crippen LogP contribution in [0.5, 0.6) is 5.75 Å². The molecule has 1 aromatic rings. The second-order valence-corrected chi connectivity index (χ2v) is 5.87. The van der Waals surface area contributed by atoms with E-state index < -0.39 is 11.5 Å². The SMILES string of the molecule is CCC(CC(=O)NC1(C(=O)O)CCC1)c1ccc(OC)cc1. The van der Waals surface area contributed by atoms with Crippen LogP contribution in [0.2, 0.25) is 0 Å². The van der Waals surface area contributed by atoms with Gasteiger partial charge in [0.25, 0.3) is 0 Å². The number of carbonyl (C=O) groups excluding carboxylic acids is 1. The zero-order valence-corrected chi connectivity index (χ0v) is 13.1. The van der Waals surface area contributed by atoms with Crippen LogP contribution in [0.15, 0.2) is 24.3 Å². The van der Waals surface area contributed by atoms with Crippen LogP contribution >= 0.6 is 0 Å². The number of hydrogen-bond donors (Lipinski definition) is 2. The molecule has 1 aliphatic rings. The Morgan fingerprint density at radius 2 is 1.95 bits per heavy atom. The number of carboxylic acid groups (broad SMARTS) is 1. The van der Waals surface area contributed by atoms with Crippen LogP contribution in [0, 0.1) is 0 Å². The van der Waals surface area contributed by atoms with Crippen molar-refractivity contribution in [2.75, 3.05) is 7.11 Å². The molecule has 0 aliphatic heterocycles. The van der Waals surface area contributed by atoms with E-state index in [2.05, 4.69) is 5.32 Å². The van der Waals surface area contributed by atoms with E-state index >= 15 is 0 Å². The van der Waals surface area contributed by atoms with Gasteiger partial charge < -0.3 is 15.2 Å². The zero-order chi connectivity index (χ0) is 16.2. The van der Waals surface area contributed by atoms with E-state index in [1.807, 2.05) is 31.2 Å². The van der Waals surface area contributed by atoms with Crippen LogP contribution in [0.3, 0.4) is 0 Å². The second kappa shape index (κ2) is 6.81. The summed E-state index contributed by atoms with van der Waals surface area (Å²) in [7, 11) is 1.61. The van der Waals surface area contributed by atoms with Gasteiger partial charge in [0.1, 0.15) is 11.3 Å². The Hall–Kier alpha value is -2.04. The smallest absolute Gasteiger partial charge is 0.329 e. The third kappa shape index (κ3) is 3.40. The highest BCUT2D eigenvalue weighted by Crippen LogP contribution is 2.33. The summed E-state index contributed by atoms with van der Waals surface area (Å²) < 4.78 is 5.13. The number of benzene rings is 1. The van der Waals surface area contributed by atoms with Crippen molar-refractivity contribution in [3.63, 3.8) is 0 Å². The molecule has 1 aliphatic carbocycles. The predicted octanol–water partition coefficient (Wildman–Crippen LogP) is 2.70. The van der Waals surface area contributed by atoms with Crippen molar-refractivity contribution in [1.29, 1.82) is 0 Å². The fourth-order valence-corrected chi connectivity index (χ4v) is 2.84. The summed E-state index contributed by atoms with van der Waals surface area (Å²) in [6.07, 6.45) is 3.01. The Kier molecular flexibility index (Phi) is 5.06. The molecular weight excluding hydrogens is 282 g/mol. The summed E-state index contributed by atoms with van der Waals surface area (Å²) in [4.78, 5) is 23.5. The fourth-order valence-electron chi connectivity index (χ4n) is 2.84. The van der Waals surface area contributed by atoms with Crippen molar-refractivity contribution in [1.82, 2.24) is 5.32 Å². The first-order valence-electron chi connectivity index (χ1n) is 7.69. The monoisotopic (exact) mass is 305 g/mol. The maximum Gasteiger partial charge on any atom is 0.329 e. The Balaban J connectivity index is 2.00. The molecule has 0 spiro atoms. The van der Waals surface area contributed by atoms with Gasteiger partial charge in [0.15, 0.2) is 0 Å². The highest BCUT2D eigenvalue weighted by atomic mass is 16.5. The fraction of sp³-hybridized carbons (Fsp3) is 0.529. The van der Waals surface area contributed by atoms with E-state index in [1.54, 1.807) is 7.11 Å². The second-order valence-electron chi connectivity index (χ2n) is 5.87. The lowest BCUT2D eigenvalue weighted by atomic mass is 9.76. The van der Waals surface area contributed by atoms with Gasteiger partial charge in [0.05, 0.1) is 7.11 Å². The van der Waals surface area contributed by atoms with Gasteiger partial charge in [-0.25, -0.2) is 4.79 Å². The zero-order valence-electron chi connectivity index (χ0n) is 13.1. The average Bonchev–Trinajstić information content (AvgIpc) is 2.48. The minimum Gasteiger partial charge on any atom is -0.497 e. The molecule has 1 saturated carbocycles. The molecular formula is C17H23NO4. The molecule has 1 atom stereocenters. The van der Waals surface area contributed by atoms with Crippen LogP contribution < -0.4 is 10.1 Å². The number of amides is 1. The molecule has 5 nitrogen and oxygen atoms in total. The highest BCUT2D eigenvalue weighted by Gasteiger charge is 2.45. The molecule has 120 valence electrons. The van der Waals surface area contributed by atoms with Gasteiger partial charge in [-0.1, -0.05) is 19.1 Å². The van der Waals surface area contributed by atoms with Crippen LogP contribution in [0.1, 0.15) is 50.5 Å². The van der Waals surface area contributed by atoms with E-state index in [4.69, 9.17) is 4.74 Å². The minimum absolute atomic E-state index is 0.0804. The lowest BCUT2D eigenvalue weighted by molar-refractivity contribution is -0.151. The van der Waals surface area contributed by atoms with Crippen molar-refractivity contribution < 1.29 is 19.4 Å². The molecule has 0 aromatic heterocycles. The molecule has 1 unspecified atom stereocenters. The first-order chi connectivity index (χ1) is 10.5. The van der Waals surface area contributed by atoms with Crippen molar-refractivity contribution in [2.24, 2.45) is 0 Å². The number of rotatable bonds is 7. The van der Waals surface area contributed by atoms with Crippen LogP contribution in [0.25, 0.3) is 0 Å². The molecule has 1 aromatic carbocycles. The van der Waals surface area contributed by atoms with E-state index in [0.717, 1.165) is 24.2 Å². The summed E-state index contributed by atoms with van der Waals surface area (Å²) in [6, 6.07) is 7.66. The molecule has 0 heterocycles. The number of carboxylic acids is 1. The van der Waals surface area contributed by atoms with Gasteiger partial charge in [-0.05, 0) is 49.3 Å². The normalized spacial score (nSPS) is 17.2. The van der Waals surface area contributed by atoms with Crippen molar-refractivity contribution >= 4 is 11.9 Å². The molecule has 22 heavy (non-hydrogen) atoms. The van der Waals surface area contributed by atoms with Gasteiger partial charge in [-0.15, -0.1) is 0 Å². The molecule has 0 saturated heterocycles. The molecule has 0 radical (unpaired) electrons. The summed E-state index contributed by atoms with van der Waals surface area (Å²) in [5.74, 6) is -0.256. The van der Waals surface area contributed by atoms with Crippen LogP contribution in [-0.2, 0) is 9.59 Å². The standard InChI is InChI=1S/C17H23NO4/c1-3-12(13-5-7-14(22-2)8-6-13)11-15(19)18-17(16(20)21)9-4-10-17/h5-8,12H,3-4,9-11H2,1-2H3,(H,18,19)(H,20,21). The van der Waals surface area contributed by atoms with Gasteiger partial charge in [-0.2, -0.15) is 0 Å². The molecule has 0 bridgehead atoms. The van der Waals surface area contributed by atoms with Crippen molar-refractivity contribution in [2.45, 2.75) is 50.5 Å². The average molecular weight is 305 g/mol. The van der Waals surface area contributed by atoms with Crippen molar-refractivity contribution in [3.05, 3.63) is 29.8 Å². The van der Waals surface area contributed by atoms with Gasteiger partial charge in [-0.3, -0.25) is 4.79 Å². The number of methoxy groups -OCH3 is 1. The number of hydrogen-bond acceptors (Lipinski definition) is 3. The van der Waals surface area contributed by atoms with E-state index in [-0.39, 0.29) is 11.8 Å². The Morgan fingerprint density at radius 3 is 2.36 bits per heavy atom. The van der Waals surface area contributed by atoms with Crippen molar-refractivity contribution in [3.8, 4) is 5.75 Å². The summed E-state index contributed by atoms with van der Waals surface area (Å²) >= 11 is 0. The van der Waals surface area contributed by atoms with Gasteiger partial charge >= 0.3 is 5.97 Å².